The van der Waals surface area contributed by atoms with Gasteiger partial charge in [-0.15, -0.1) is 5.10 Å². The lowest BCUT2D eigenvalue weighted by Crippen LogP contribution is -2.28. The summed E-state index contributed by atoms with van der Waals surface area (Å²) in [5, 5.41) is 10.1. The Labute approximate surface area is 153 Å². The highest BCUT2D eigenvalue weighted by Gasteiger charge is 2.07. The van der Waals surface area contributed by atoms with Gasteiger partial charge in [-0.1, -0.05) is 46.3 Å². The maximum Gasteiger partial charge on any atom is 0.258 e. The number of rotatable bonds is 7. The van der Waals surface area contributed by atoms with Gasteiger partial charge in [-0.25, -0.2) is 0 Å². The van der Waals surface area contributed by atoms with Crippen LogP contribution in [-0.4, -0.2) is 24.7 Å². The van der Waals surface area contributed by atoms with Crippen molar-refractivity contribution < 1.29 is 9.53 Å². The topological polar surface area (TPSA) is 115 Å². The number of nitrogens with one attached hydrogen (secondary N) is 1. The zero-order chi connectivity index (χ0) is 18.1. The van der Waals surface area contributed by atoms with Crippen molar-refractivity contribution in [2.24, 2.45) is 21.7 Å². The lowest BCUT2D eigenvalue weighted by molar-refractivity contribution is -0.123. The van der Waals surface area contributed by atoms with Crippen molar-refractivity contribution in [2.45, 2.75) is 6.54 Å². The van der Waals surface area contributed by atoms with Crippen molar-refractivity contribution in [2.75, 3.05) is 6.61 Å². The lowest BCUT2D eigenvalue weighted by Gasteiger charge is -2.10. The number of carbonyl (C=O) groups excluding carboxylic acids is 1. The number of guanidine groups is 1. The predicted octanol–water partition coefficient (Wildman–Crippen LogP) is 1.75. The quantitative estimate of drug-likeness (QED) is 0.371. The zero-order valence-corrected chi connectivity index (χ0v) is 14.9. The number of benzene rings is 2. The summed E-state index contributed by atoms with van der Waals surface area (Å²) in [5.74, 6) is 0.125. The van der Waals surface area contributed by atoms with Crippen LogP contribution in [0.15, 0.2) is 63.2 Å². The molecule has 0 bridgehead atoms. The van der Waals surface area contributed by atoms with E-state index in [0.29, 0.717) is 17.9 Å². The van der Waals surface area contributed by atoms with Gasteiger partial charge in [0.05, 0.1) is 6.21 Å². The third-order valence-corrected chi connectivity index (χ3v) is 3.53. The maximum absolute atomic E-state index is 11.9. The Hall–Kier alpha value is -2.87. The van der Waals surface area contributed by atoms with Crippen molar-refractivity contribution in [3.63, 3.8) is 0 Å². The predicted molar refractivity (Wildman–Crippen MR) is 101 cm³/mol. The highest BCUT2D eigenvalue weighted by Crippen LogP contribution is 2.21. The second-order valence-electron chi connectivity index (χ2n) is 5.00. The number of nitrogens with two attached hydrogens (primary N) is 2. The standard InChI is InChI=1S/C17H18BrN5O2/c18-14-6-7-15(13(8-14)10-22-23-17(19)20)25-11-16(24)21-9-12-4-2-1-3-5-12/h1-8,10H,9,11H2,(H,21,24)(H4,19,20,23). The fraction of sp³-hybridized carbons (Fsp3) is 0.118. The molecule has 0 saturated heterocycles. The average Bonchev–Trinajstić information content (AvgIpc) is 2.60. The van der Waals surface area contributed by atoms with E-state index in [9.17, 15) is 4.79 Å². The van der Waals surface area contributed by atoms with E-state index in [4.69, 9.17) is 16.2 Å². The van der Waals surface area contributed by atoms with E-state index in [2.05, 4.69) is 31.4 Å². The summed E-state index contributed by atoms with van der Waals surface area (Å²) in [6, 6.07) is 14.9. The minimum atomic E-state index is -0.223. The fourth-order valence-corrected chi connectivity index (χ4v) is 2.28. The number of carbonyl (C=O) groups is 1. The number of ether oxygens (including phenoxy) is 1. The number of hydrogen-bond donors (Lipinski definition) is 3. The van der Waals surface area contributed by atoms with Crippen LogP contribution in [0.4, 0.5) is 0 Å². The Kier molecular flexibility index (Phi) is 6.97. The molecule has 0 unspecified atom stereocenters. The first-order chi connectivity index (χ1) is 12.0. The fourth-order valence-electron chi connectivity index (χ4n) is 1.90. The Morgan fingerprint density at radius 1 is 1.20 bits per heavy atom. The van der Waals surface area contributed by atoms with E-state index in [1.165, 1.54) is 6.21 Å². The van der Waals surface area contributed by atoms with Crippen LogP contribution in [0.1, 0.15) is 11.1 Å². The third-order valence-electron chi connectivity index (χ3n) is 3.03. The molecule has 0 radical (unpaired) electrons. The maximum atomic E-state index is 11.9. The van der Waals surface area contributed by atoms with Crippen LogP contribution in [0.5, 0.6) is 5.75 Å². The van der Waals surface area contributed by atoms with Crippen LogP contribution >= 0.6 is 15.9 Å². The molecule has 2 rings (SSSR count). The minimum Gasteiger partial charge on any atom is -0.483 e. The summed E-state index contributed by atoms with van der Waals surface area (Å²) in [6.45, 7) is 0.333. The molecule has 5 N–H and O–H groups in total. The average molecular weight is 404 g/mol. The third kappa shape index (κ3) is 6.64. The van der Waals surface area contributed by atoms with E-state index in [1.54, 1.807) is 18.2 Å². The van der Waals surface area contributed by atoms with E-state index in [0.717, 1.165) is 10.0 Å². The number of hydrogen-bond acceptors (Lipinski definition) is 4. The molecule has 0 aliphatic rings. The molecule has 130 valence electrons. The first-order valence-corrected chi connectivity index (χ1v) is 8.19. The molecule has 25 heavy (non-hydrogen) atoms. The van der Waals surface area contributed by atoms with Crippen molar-refractivity contribution >= 4 is 34.0 Å². The Bertz CT molecular complexity index is 774. The summed E-state index contributed by atoms with van der Waals surface area (Å²) in [7, 11) is 0. The highest BCUT2D eigenvalue weighted by molar-refractivity contribution is 9.10. The summed E-state index contributed by atoms with van der Waals surface area (Å²) < 4.78 is 6.40. The number of amides is 1. The van der Waals surface area contributed by atoms with E-state index in [-0.39, 0.29) is 18.5 Å². The normalized spacial score (nSPS) is 10.4. The molecule has 0 atom stereocenters. The van der Waals surface area contributed by atoms with Gasteiger partial charge in [0.25, 0.3) is 5.91 Å². The van der Waals surface area contributed by atoms with E-state index in [1.807, 2.05) is 30.3 Å². The summed E-state index contributed by atoms with van der Waals surface area (Å²) in [5.41, 5.74) is 12.1. The molecule has 0 aliphatic heterocycles. The Morgan fingerprint density at radius 3 is 2.68 bits per heavy atom. The van der Waals surface area contributed by atoms with Gasteiger partial charge in [-0.3, -0.25) is 4.79 Å². The van der Waals surface area contributed by atoms with Crippen molar-refractivity contribution in [3.05, 3.63) is 64.1 Å². The van der Waals surface area contributed by atoms with Crippen LogP contribution in [0.3, 0.4) is 0 Å². The first-order valence-electron chi connectivity index (χ1n) is 7.39. The summed E-state index contributed by atoms with van der Waals surface area (Å²) in [4.78, 5) is 11.9. The van der Waals surface area contributed by atoms with Gasteiger partial charge >= 0.3 is 0 Å². The second kappa shape index (κ2) is 9.43. The second-order valence-corrected chi connectivity index (χ2v) is 5.92. The van der Waals surface area contributed by atoms with Gasteiger partial charge in [-0.2, -0.15) is 5.10 Å². The zero-order valence-electron chi connectivity index (χ0n) is 13.4. The van der Waals surface area contributed by atoms with Crippen molar-refractivity contribution in [1.29, 1.82) is 0 Å². The lowest BCUT2D eigenvalue weighted by atomic mass is 10.2. The van der Waals surface area contributed by atoms with Crippen LogP contribution in [0.2, 0.25) is 0 Å². The SMILES string of the molecule is NC(N)=NN=Cc1cc(Br)ccc1OCC(=O)NCc1ccccc1. The summed E-state index contributed by atoms with van der Waals surface area (Å²) >= 11 is 3.37. The van der Waals surface area contributed by atoms with Crippen LogP contribution in [0.25, 0.3) is 0 Å². The largest absolute Gasteiger partial charge is 0.483 e. The van der Waals surface area contributed by atoms with Crippen LogP contribution in [0, 0.1) is 0 Å². The minimum absolute atomic E-state index is 0.113. The molecular formula is C17H18BrN5O2. The van der Waals surface area contributed by atoms with E-state index < -0.39 is 0 Å². The summed E-state index contributed by atoms with van der Waals surface area (Å²) in [6.07, 6.45) is 1.45. The van der Waals surface area contributed by atoms with Crippen LogP contribution < -0.4 is 21.5 Å². The number of halogens is 1. The van der Waals surface area contributed by atoms with Crippen molar-refractivity contribution in [3.8, 4) is 5.75 Å². The molecule has 0 aromatic heterocycles. The molecule has 0 heterocycles. The Morgan fingerprint density at radius 2 is 1.96 bits per heavy atom. The van der Waals surface area contributed by atoms with Gasteiger partial charge in [0, 0.05) is 16.6 Å². The molecule has 1 amide bonds. The molecule has 2 aromatic carbocycles. The molecule has 0 spiro atoms. The molecule has 2 aromatic rings. The van der Waals surface area contributed by atoms with Gasteiger partial charge in [0.15, 0.2) is 6.61 Å². The highest BCUT2D eigenvalue weighted by atomic mass is 79.9. The smallest absolute Gasteiger partial charge is 0.258 e. The van der Waals surface area contributed by atoms with Gasteiger partial charge in [0.1, 0.15) is 5.75 Å². The molecule has 0 aliphatic carbocycles. The molecule has 0 saturated carbocycles. The Balaban J connectivity index is 1.94. The molecule has 7 nitrogen and oxygen atoms in total. The van der Waals surface area contributed by atoms with Gasteiger partial charge < -0.3 is 21.5 Å². The van der Waals surface area contributed by atoms with Crippen LogP contribution in [-0.2, 0) is 11.3 Å². The molecule has 8 heteroatoms. The number of nitrogens with zero attached hydrogens (tertiary/aromatic N) is 2. The monoisotopic (exact) mass is 403 g/mol. The van der Waals surface area contributed by atoms with E-state index >= 15 is 0 Å². The molecule has 0 fully saturated rings. The van der Waals surface area contributed by atoms with Gasteiger partial charge in [0.2, 0.25) is 5.96 Å². The molecular weight excluding hydrogens is 386 g/mol. The first kappa shape index (κ1) is 18.5. The van der Waals surface area contributed by atoms with Gasteiger partial charge in [-0.05, 0) is 23.8 Å². The van der Waals surface area contributed by atoms with Crippen molar-refractivity contribution in [1.82, 2.24) is 5.32 Å².